The Kier molecular flexibility index (Phi) is 11.8. The lowest BCUT2D eigenvalue weighted by molar-refractivity contribution is -0.137. The van der Waals surface area contributed by atoms with Crippen molar-refractivity contribution in [3.05, 3.63) is 99.8 Å². The van der Waals surface area contributed by atoms with Crippen molar-refractivity contribution in [2.45, 2.75) is 68.2 Å². The van der Waals surface area contributed by atoms with E-state index in [9.17, 15) is 33.5 Å². The van der Waals surface area contributed by atoms with E-state index in [0.29, 0.717) is 35.3 Å². The van der Waals surface area contributed by atoms with E-state index in [-0.39, 0.29) is 42.0 Å². The Balaban J connectivity index is 0.743. The summed E-state index contributed by atoms with van der Waals surface area (Å²) in [5.41, 5.74) is 3.84. The molecule has 5 aliphatic heterocycles. The lowest BCUT2D eigenvalue weighted by atomic mass is 10.0. The molecule has 0 bridgehead atoms. The number of thiazole rings is 1. The molecule has 17 heteroatoms. The molecule has 2 atom stereocenters. The van der Waals surface area contributed by atoms with Crippen LogP contribution in [0, 0.1) is 5.82 Å². The topological polar surface area (TPSA) is 159 Å². The lowest BCUT2D eigenvalue weighted by Crippen LogP contribution is -2.53. The van der Waals surface area contributed by atoms with E-state index in [1.807, 2.05) is 30.3 Å². The van der Waals surface area contributed by atoms with Crippen molar-refractivity contribution in [3.63, 3.8) is 0 Å². The number of halogens is 1. The Labute approximate surface area is 361 Å². The van der Waals surface area contributed by atoms with E-state index in [4.69, 9.17) is 0 Å². The maximum atomic E-state index is 14.4. The van der Waals surface area contributed by atoms with Crippen molar-refractivity contribution in [3.8, 4) is 5.75 Å². The van der Waals surface area contributed by atoms with Crippen molar-refractivity contribution in [2.24, 2.45) is 0 Å². The summed E-state index contributed by atoms with van der Waals surface area (Å²) in [4.78, 5) is 80.7. The van der Waals surface area contributed by atoms with Crippen LogP contribution in [0.3, 0.4) is 0 Å². The zero-order valence-electron chi connectivity index (χ0n) is 33.6. The molecular weight excluding hydrogens is 820 g/mol. The molecule has 5 amide bonds. The zero-order valence-corrected chi connectivity index (χ0v) is 35.2. The third-order valence-corrected chi connectivity index (χ3v) is 14.5. The van der Waals surface area contributed by atoms with E-state index >= 15 is 0 Å². The Bertz CT molecular complexity index is 2350. The highest BCUT2D eigenvalue weighted by Gasteiger charge is 2.41. The highest BCUT2D eigenvalue weighted by molar-refractivity contribution is 7.99. The number of aromatic nitrogens is 1. The summed E-state index contributed by atoms with van der Waals surface area (Å²) >= 11 is 2.98. The van der Waals surface area contributed by atoms with Crippen molar-refractivity contribution < 1.29 is 33.5 Å². The Morgan fingerprint density at radius 1 is 0.951 bits per heavy atom. The summed E-state index contributed by atoms with van der Waals surface area (Å²) in [5.74, 6) is -1.75. The van der Waals surface area contributed by atoms with E-state index in [2.05, 4.69) is 36.4 Å². The van der Waals surface area contributed by atoms with E-state index < -0.39 is 29.7 Å². The molecule has 61 heavy (non-hydrogen) atoms. The van der Waals surface area contributed by atoms with Crippen LogP contribution in [-0.4, -0.2) is 123 Å². The standard InChI is InChI=1S/C44H47FN8O6S2/c45-28-6-9-36(54)33(23-28)39(41(57)48-44-46-13-22-61-44)53-25-27-5-7-30(24-32(27)43(53)59)50-15-11-29(12-16-50)51-19-17-49(18-20-51)14-2-21-60-37-4-1-3-31-34(37)26-52(42(31)58)35-8-10-38(55)47-40(35)56/h1,3-7,9,13,22-24,29,35,39,54H,2,8,10-12,14-21,25-26H2,(H,46,48,57)(H,47,55,56). The van der Waals surface area contributed by atoms with Gasteiger partial charge in [0.25, 0.3) is 17.7 Å². The number of piperazine rings is 1. The second kappa shape index (κ2) is 17.6. The van der Waals surface area contributed by atoms with Crippen LogP contribution in [0.4, 0.5) is 15.2 Å². The van der Waals surface area contributed by atoms with Gasteiger partial charge in [0, 0.05) is 104 Å². The number of nitrogens with one attached hydrogen (secondary N) is 2. The minimum atomic E-state index is -1.28. The Morgan fingerprint density at radius 3 is 2.54 bits per heavy atom. The molecule has 4 aromatic rings. The molecule has 14 nitrogen and oxygen atoms in total. The molecule has 0 radical (unpaired) electrons. The zero-order chi connectivity index (χ0) is 42.2. The van der Waals surface area contributed by atoms with Crippen molar-refractivity contribution in [1.82, 2.24) is 29.9 Å². The molecule has 318 valence electrons. The highest BCUT2D eigenvalue weighted by Crippen LogP contribution is 2.39. The number of phenols is 1. The van der Waals surface area contributed by atoms with Crippen LogP contribution in [0.15, 0.2) is 71.1 Å². The summed E-state index contributed by atoms with van der Waals surface area (Å²) in [6.45, 7) is 7.31. The van der Waals surface area contributed by atoms with Gasteiger partial charge in [0.2, 0.25) is 11.8 Å². The van der Waals surface area contributed by atoms with Crippen LogP contribution < -0.4 is 15.5 Å². The lowest BCUT2D eigenvalue weighted by Gasteiger charge is -2.43. The van der Waals surface area contributed by atoms with Crippen LogP contribution in [-0.2, 0) is 27.5 Å². The second-order valence-corrected chi connectivity index (χ2v) is 18.2. The molecular formula is C44H47FN8O6S2. The Morgan fingerprint density at radius 2 is 1.77 bits per heavy atom. The minimum Gasteiger partial charge on any atom is -0.508 e. The summed E-state index contributed by atoms with van der Waals surface area (Å²) in [5, 5.41) is 17.9. The average molecular weight is 867 g/mol. The normalized spacial score (nSPS) is 20.5. The highest BCUT2D eigenvalue weighted by atomic mass is 32.2. The first-order chi connectivity index (χ1) is 29.6. The van der Waals surface area contributed by atoms with Crippen LogP contribution >= 0.6 is 23.1 Å². The van der Waals surface area contributed by atoms with Gasteiger partial charge in [-0.1, -0.05) is 12.1 Å². The number of hydrogen-bond donors (Lipinski definition) is 3. The van der Waals surface area contributed by atoms with Gasteiger partial charge >= 0.3 is 0 Å². The predicted molar refractivity (Wildman–Crippen MR) is 229 cm³/mol. The number of rotatable bonds is 12. The summed E-state index contributed by atoms with van der Waals surface area (Å²) in [7, 11) is 0. The van der Waals surface area contributed by atoms with Gasteiger partial charge in [-0.25, -0.2) is 9.37 Å². The number of aromatic hydroxyl groups is 1. The van der Waals surface area contributed by atoms with Gasteiger partial charge in [-0.15, -0.1) is 23.1 Å². The maximum absolute atomic E-state index is 14.4. The first kappa shape index (κ1) is 41.0. The SMILES string of the molecule is O=C1CCC(N2Cc3c(SCCCN4CCN(C5CCN(c6ccc7c(c6)C(=O)N(C(C(=O)Nc6nccs6)c6cc(F)ccc6O)C7)CC5)CC4)cccc3C2=O)C(=O)N1. The molecule has 6 heterocycles. The third-order valence-electron chi connectivity index (χ3n) is 12.6. The number of thioether (sulfide) groups is 1. The summed E-state index contributed by atoms with van der Waals surface area (Å²) in [6, 6.07) is 13.6. The van der Waals surface area contributed by atoms with E-state index in [1.54, 1.807) is 28.2 Å². The molecule has 3 N–H and O–H groups in total. The Hall–Kier alpha value is -5.36. The smallest absolute Gasteiger partial charge is 0.255 e. The number of imide groups is 1. The first-order valence-electron chi connectivity index (χ1n) is 20.8. The molecule has 0 spiro atoms. The van der Waals surface area contributed by atoms with Crippen LogP contribution in [0.1, 0.15) is 75.6 Å². The summed E-state index contributed by atoms with van der Waals surface area (Å²) < 4.78 is 14.4. The summed E-state index contributed by atoms with van der Waals surface area (Å²) in [6.07, 6.45) is 5.18. The third kappa shape index (κ3) is 8.48. The van der Waals surface area contributed by atoms with Gasteiger partial charge in [0.05, 0.1) is 0 Å². The predicted octanol–water partition coefficient (Wildman–Crippen LogP) is 4.85. The molecule has 9 rings (SSSR count). The van der Waals surface area contributed by atoms with Crippen molar-refractivity contribution >= 4 is 63.5 Å². The van der Waals surface area contributed by atoms with Gasteiger partial charge in [-0.2, -0.15) is 0 Å². The van der Waals surface area contributed by atoms with E-state index in [1.165, 1.54) is 22.3 Å². The number of carbonyl (C=O) groups excluding carboxylic acids is 5. The number of phenolic OH excluding ortho intramolecular Hbond substituents is 1. The molecule has 0 saturated carbocycles. The quantitative estimate of drug-likeness (QED) is 0.102. The van der Waals surface area contributed by atoms with Gasteiger partial charge in [-0.3, -0.25) is 39.5 Å². The van der Waals surface area contributed by atoms with Crippen molar-refractivity contribution in [1.29, 1.82) is 0 Å². The fourth-order valence-electron chi connectivity index (χ4n) is 9.37. The van der Waals surface area contributed by atoms with Gasteiger partial charge in [0.15, 0.2) is 5.13 Å². The number of fused-ring (bicyclic) bond motifs is 2. The fourth-order valence-corrected chi connectivity index (χ4v) is 10.9. The van der Waals surface area contributed by atoms with Gasteiger partial charge < -0.3 is 24.7 Å². The number of nitrogens with zero attached hydrogens (tertiary/aromatic N) is 6. The number of anilines is 2. The minimum absolute atomic E-state index is 0.00522. The van der Waals surface area contributed by atoms with Crippen LogP contribution in [0.5, 0.6) is 5.75 Å². The molecule has 3 fully saturated rings. The number of piperidine rings is 2. The number of hydrogen-bond acceptors (Lipinski definition) is 12. The second-order valence-electron chi connectivity index (χ2n) is 16.2. The van der Waals surface area contributed by atoms with Gasteiger partial charge in [0.1, 0.15) is 23.7 Å². The average Bonchev–Trinajstić information content (AvgIpc) is 3.99. The number of amides is 5. The molecule has 2 unspecified atom stereocenters. The van der Waals surface area contributed by atoms with Crippen molar-refractivity contribution in [2.75, 3.05) is 61.8 Å². The monoisotopic (exact) mass is 866 g/mol. The molecule has 0 aliphatic carbocycles. The molecule has 5 aliphatic rings. The van der Waals surface area contributed by atoms with Crippen LogP contribution in [0.2, 0.25) is 0 Å². The largest absolute Gasteiger partial charge is 0.508 e. The molecule has 3 aromatic carbocycles. The molecule has 3 saturated heterocycles. The fraction of sp³-hybridized carbons (Fsp3) is 0.409. The van der Waals surface area contributed by atoms with E-state index in [0.717, 1.165) is 105 Å². The van der Waals surface area contributed by atoms with Gasteiger partial charge in [-0.05, 0) is 91.6 Å². The number of carbonyl (C=O) groups is 5. The molecule has 1 aromatic heterocycles. The maximum Gasteiger partial charge on any atom is 0.255 e. The number of benzene rings is 3. The van der Waals surface area contributed by atoms with Crippen LogP contribution in [0.25, 0.3) is 0 Å². The first-order valence-corrected chi connectivity index (χ1v) is 22.7.